The van der Waals surface area contributed by atoms with E-state index in [1.54, 1.807) is 13.4 Å². The number of cyclic esters (lactones) is 1. The Morgan fingerprint density at radius 1 is 1.02 bits per heavy atom. The van der Waals surface area contributed by atoms with E-state index in [4.69, 9.17) is 28.6 Å². The lowest BCUT2D eigenvalue weighted by Gasteiger charge is -2.57. The zero-order chi connectivity index (χ0) is 45.8. The predicted molar refractivity (Wildman–Crippen MR) is 247 cm³/mol. The molecule has 66 heavy (non-hydrogen) atoms. The van der Waals surface area contributed by atoms with Crippen LogP contribution in [-0.4, -0.2) is 125 Å². The second kappa shape index (κ2) is 16.5. The van der Waals surface area contributed by atoms with Gasteiger partial charge in [0, 0.05) is 90.8 Å². The predicted octanol–water partition coefficient (Wildman–Crippen LogP) is 6.10. The van der Waals surface area contributed by atoms with Gasteiger partial charge in [-0.1, -0.05) is 40.7 Å². The largest absolute Gasteiger partial charge is 0.464 e. The number of nitrogens with one attached hydrogen (secondary N) is 2. The van der Waals surface area contributed by atoms with Crippen molar-refractivity contribution in [3.05, 3.63) is 59.9 Å². The number of oxazole rings is 1. The first-order valence-corrected chi connectivity index (χ1v) is 24.4. The number of rotatable bonds is 9. The number of esters is 1. The Labute approximate surface area is 387 Å². The van der Waals surface area contributed by atoms with Crippen LogP contribution in [0.3, 0.4) is 0 Å². The highest BCUT2D eigenvalue weighted by Gasteiger charge is 2.57. The molecule has 15 nitrogen and oxygen atoms in total. The zero-order valence-electron chi connectivity index (χ0n) is 39.5. The maximum Gasteiger partial charge on any atom is 0.324 e. The molecule has 1 spiro atoms. The SMILES string of the molecule is CO[C@@H](C)c1ncccc1-c1c2c3cc(ccc3n1C1CN(C3CC3)C1)-c1coc(n1)[C@@H](N1CC3(COC3)C1)[C@H](NC(=O)[C@@H]1[C@@H](C)[C@H]1C(C)C)C(=O)N1CCC[C@H](N1)C(=O)OCC(C)(C)C2. The first-order chi connectivity index (χ1) is 31.7. The smallest absolute Gasteiger partial charge is 0.324 e. The number of benzene rings is 1. The zero-order valence-corrected chi connectivity index (χ0v) is 39.5. The Kier molecular flexibility index (Phi) is 11.0. The maximum absolute atomic E-state index is 15.1. The molecule has 8 heterocycles. The van der Waals surface area contributed by atoms with Gasteiger partial charge in [-0.25, -0.2) is 10.4 Å². The number of carbonyl (C=O) groups excluding carboxylic acids is 3. The van der Waals surface area contributed by atoms with Gasteiger partial charge in [-0.15, -0.1) is 0 Å². The number of hydrazine groups is 1. The quantitative estimate of drug-likeness (QED) is 0.187. The molecule has 6 fully saturated rings. The number of aromatic nitrogens is 3. The van der Waals surface area contributed by atoms with Crippen molar-refractivity contribution in [1.82, 2.24) is 40.1 Å². The van der Waals surface area contributed by atoms with E-state index in [9.17, 15) is 9.59 Å². The molecule has 7 aliphatic rings. The lowest BCUT2D eigenvalue weighted by molar-refractivity contribution is -0.204. The average molecular weight is 903 g/mol. The van der Waals surface area contributed by atoms with Gasteiger partial charge in [-0.2, -0.15) is 0 Å². The van der Waals surface area contributed by atoms with E-state index in [0.717, 1.165) is 52.1 Å². The highest BCUT2D eigenvalue weighted by Crippen LogP contribution is 2.52. The molecule has 3 aromatic heterocycles. The van der Waals surface area contributed by atoms with Crippen LogP contribution in [-0.2, 0) is 35.0 Å². The van der Waals surface area contributed by atoms with Gasteiger partial charge < -0.3 is 28.5 Å². The van der Waals surface area contributed by atoms with Crippen LogP contribution in [0, 0.1) is 34.5 Å². The summed E-state index contributed by atoms with van der Waals surface area (Å²) in [6.45, 7) is 17.9. The van der Waals surface area contributed by atoms with E-state index < -0.39 is 29.5 Å². The lowest BCUT2D eigenvalue weighted by Crippen LogP contribution is -2.70. The molecule has 6 bridgehead atoms. The average Bonchev–Trinajstić information content (AvgIpc) is 4.14. The molecule has 11 rings (SSSR count). The van der Waals surface area contributed by atoms with E-state index >= 15 is 4.79 Å². The van der Waals surface area contributed by atoms with E-state index in [1.807, 2.05) is 19.2 Å². The van der Waals surface area contributed by atoms with Crippen LogP contribution in [0.25, 0.3) is 33.4 Å². The van der Waals surface area contributed by atoms with Crippen LogP contribution in [0.4, 0.5) is 0 Å². The summed E-state index contributed by atoms with van der Waals surface area (Å²) in [5.74, 6) is 0.0381. The Balaban J connectivity index is 1.06. The topological polar surface area (TPSA) is 157 Å². The van der Waals surface area contributed by atoms with E-state index in [2.05, 4.69) is 84.0 Å². The number of pyridine rings is 1. The van der Waals surface area contributed by atoms with Gasteiger partial charge >= 0.3 is 5.97 Å². The third-order valence-electron chi connectivity index (χ3n) is 16.0. The van der Waals surface area contributed by atoms with Gasteiger partial charge in [-0.05, 0) is 86.6 Å². The molecule has 4 aromatic rings. The van der Waals surface area contributed by atoms with E-state index in [-0.39, 0.29) is 53.7 Å². The van der Waals surface area contributed by atoms with E-state index in [1.165, 1.54) is 17.9 Å². The van der Waals surface area contributed by atoms with Crippen molar-refractivity contribution >= 4 is 28.7 Å². The first kappa shape index (κ1) is 43.9. The van der Waals surface area contributed by atoms with Gasteiger partial charge in [0.1, 0.15) is 30.1 Å². The van der Waals surface area contributed by atoms with Crippen molar-refractivity contribution in [3.8, 4) is 22.5 Å². The number of likely N-dealkylation sites (tertiary alicyclic amines) is 2. The summed E-state index contributed by atoms with van der Waals surface area (Å²) < 4.78 is 26.9. The standard InChI is InChI=1S/C51H66N8O7/c1-28(2)40-29(3)41(40)46(60)54-43-45(57-23-51(24-57)26-64-27-51)47-53-38(22-65-47)31-12-15-39-35(18-31)36(19-50(5,6)25-66-49(62)37-11-9-17-58(55-37)48(43)61)44(34-10-8-16-52-42(34)30(4)63-7)59(39)33-20-56(21-33)32-13-14-32/h8,10,12,15-16,18,22,28-30,32-33,37,40-41,43,45,55H,9,11,13-14,17,19-21,23-27H2,1-7H3,(H,54,60)/t29-,30-,37-,40+,41+,43-,45-/m0/s1. The number of nitrogens with zero attached hydrogens (tertiary/aromatic N) is 6. The first-order valence-electron chi connectivity index (χ1n) is 24.4. The summed E-state index contributed by atoms with van der Waals surface area (Å²) in [5, 5.41) is 5.88. The number of methoxy groups -OCH3 is 1. The number of amides is 2. The van der Waals surface area contributed by atoms with Crippen LogP contribution in [0.5, 0.6) is 0 Å². The highest BCUT2D eigenvalue weighted by molar-refractivity contribution is 5.95. The number of hydrogen-bond acceptors (Lipinski definition) is 12. The van der Waals surface area contributed by atoms with Crippen LogP contribution in [0.1, 0.15) is 103 Å². The van der Waals surface area contributed by atoms with Crippen LogP contribution >= 0.6 is 0 Å². The molecule has 7 atom stereocenters. The molecule has 15 heteroatoms. The summed E-state index contributed by atoms with van der Waals surface area (Å²) in [6.07, 6.45) is 7.50. The van der Waals surface area contributed by atoms with Gasteiger partial charge in [0.15, 0.2) is 0 Å². The van der Waals surface area contributed by atoms with Gasteiger partial charge in [0.25, 0.3) is 5.91 Å². The minimum Gasteiger partial charge on any atom is -0.464 e. The number of hydrogen-bond donors (Lipinski definition) is 2. The third kappa shape index (κ3) is 7.66. The Morgan fingerprint density at radius 2 is 1.80 bits per heavy atom. The monoisotopic (exact) mass is 903 g/mol. The Bertz CT molecular complexity index is 2530. The second-order valence-electron chi connectivity index (χ2n) is 22.0. The fourth-order valence-corrected chi connectivity index (χ4v) is 12.1. The van der Waals surface area contributed by atoms with Crippen molar-refractivity contribution in [2.24, 2.45) is 34.5 Å². The molecular weight excluding hydrogens is 837 g/mol. The van der Waals surface area contributed by atoms with Crippen molar-refractivity contribution in [3.63, 3.8) is 0 Å². The fraction of sp³-hybridized carbons (Fsp3) is 0.627. The number of fused-ring (bicyclic) bond motifs is 6. The molecule has 5 aliphatic heterocycles. The minimum absolute atomic E-state index is 0.00357. The summed E-state index contributed by atoms with van der Waals surface area (Å²) >= 11 is 0. The summed E-state index contributed by atoms with van der Waals surface area (Å²) in [5.41, 5.74) is 9.57. The van der Waals surface area contributed by atoms with Gasteiger partial charge in [0.05, 0.1) is 43.4 Å². The molecule has 2 N–H and O–H groups in total. The Morgan fingerprint density at radius 3 is 2.50 bits per heavy atom. The third-order valence-corrected chi connectivity index (χ3v) is 16.0. The van der Waals surface area contributed by atoms with Crippen LogP contribution in [0.15, 0.2) is 47.2 Å². The molecule has 2 amide bonds. The molecule has 1 aromatic carbocycles. The van der Waals surface area contributed by atoms with Crippen molar-refractivity contribution in [1.29, 1.82) is 0 Å². The van der Waals surface area contributed by atoms with Crippen molar-refractivity contribution in [2.45, 2.75) is 110 Å². The molecular formula is C51H66N8O7. The number of carbonyl (C=O) groups is 3. The van der Waals surface area contributed by atoms with Crippen molar-refractivity contribution in [2.75, 3.05) is 59.7 Å². The summed E-state index contributed by atoms with van der Waals surface area (Å²) in [6, 6.07) is 9.16. The minimum atomic E-state index is -1.05. The number of ether oxygens (including phenoxy) is 3. The molecule has 0 unspecified atom stereocenters. The maximum atomic E-state index is 15.1. The lowest BCUT2D eigenvalue weighted by atomic mass is 9.76. The van der Waals surface area contributed by atoms with Crippen LogP contribution in [0.2, 0.25) is 0 Å². The normalized spacial score (nSPS) is 29.5. The highest BCUT2D eigenvalue weighted by atomic mass is 16.5. The van der Waals surface area contributed by atoms with E-state index in [0.29, 0.717) is 75.7 Å². The van der Waals surface area contributed by atoms with Gasteiger partial charge in [-0.3, -0.25) is 34.2 Å². The molecule has 2 aliphatic carbocycles. The second-order valence-corrected chi connectivity index (χ2v) is 22.0. The molecule has 352 valence electrons. The molecule has 0 radical (unpaired) electrons. The van der Waals surface area contributed by atoms with Crippen LogP contribution < -0.4 is 10.7 Å². The summed E-state index contributed by atoms with van der Waals surface area (Å²) in [7, 11) is 1.72. The van der Waals surface area contributed by atoms with Gasteiger partial charge in [0.2, 0.25) is 11.8 Å². The Hall–Kier alpha value is -4.67. The van der Waals surface area contributed by atoms with Crippen molar-refractivity contribution < 1.29 is 33.0 Å². The fourth-order valence-electron chi connectivity index (χ4n) is 12.1. The molecule has 2 saturated carbocycles. The summed E-state index contributed by atoms with van der Waals surface area (Å²) in [4.78, 5) is 58.6. The molecule has 4 saturated heterocycles.